The van der Waals surface area contributed by atoms with Gasteiger partial charge in [-0.1, -0.05) is 0 Å². The highest BCUT2D eigenvalue weighted by atomic mass is 16.5. The average Bonchev–Trinajstić information content (AvgIpc) is 2.88. The van der Waals surface area contributed by atoms with Crippen molar-refractivity contribution in [3.8, 4) is 0 Å². The molecule has 1 atom stereocenters. The van der Waals surface area contributed by atoms with Gasteiger partial charge in [-0.15, -0.1) is 0 Å². The number of anilines is 1. The largest absolute Gasteiger partial charge is 0.383 e. The van der Waals surface area contributed by atoms with E-state index in [4.69, 9.17) is 4.74 Å². The minimum absolute atomic E-state index is 0.571. The minimum atomic E-state index is 0.571. The quantitative estimate of drug-likeness (QED) is 0.787. The number of hydrogen-bond acceptors (Lipinski definition) is 5. The van der Waals surface area contributed by atoms with Crippen LogP contribution in [0, 0.1) is 0 Å². The fourth-order valence-corrected chi connectivity index (χ4v) is 2.15. The van der Waals surface area contributed by atoms with Crippen LogP contribution >= 0.6 is 0 Å². The van der Waals surface area contributed by atoms with Gasteiger partial charge in [0.1, 0.15) is 12.1 Å². The molecule has 94 valence electrons. The molecule has 1 aromatic rings. The molecule has 1 saturated heterocycles. The molecule has 2 heterocycles. The summed E-state index contributed by atoms with van der Waals surface area (Å²) < 4.78 is 5.15. The fraction of sp³-hybridized carbons (Fsp3) is 0.667. The first kappa shape index (κ1) is 12.3. The van der Waals surface area contributed by atoms with Crippen LogP contribution in [-0.2, 0) is 4.74 Å². The highest BCUT2D eigenvalue weighted by Gasteiger charge is 2.18. The normalized spacial score (nSPS) is 19.5. The van der Waals surface area contributed by atoms with Gasteiger partial charge in [0.15, 0.2) is 0 Å². The van der Waals surface area contributed by atoms with E-state index in [2.05, 4.69) is 20.2 Å². The van der Waals surface area contributed by atoms with Crippen molar-refractivity contribution < 1.29 is 4.74 Å². The minimum Gasteiger partial charge on any atom is -0.383 e. The summed E-state index contributed by atoms with van der Waals surface area (Å²) in [4.78, 5) is 10.5. The molecule has 0 spiro atoms. The van der Waals surface area contributed by atoms with E-state index in [0.717, 1.165) is 32.1 Å². The number of rotatable bonds is 6. The Morgan fingerprint density at radius 3 is 3.18 bits per heavy atom. The predicted molar refractivity (Wildman–Crippen MR) is 67.1 cm³/mol. The maximum absolute atomic E-state index is 5.15. The molecule has 0 aliphatic carbocycles. The van der Waals surface area contributed by atoms with E-state index in [0.29, 0.717) is 6.04 Å². The smallest absolute Gasteiger partial charge is 0.132 e. The Morgan fingerprint density at radius 2 is 2.53 bits per heavy atom. The Kier molecular flexibility index (Phi) is 4.70. The maximum Gasteiger partial charge on any atom is 0.132 e. The summed E-state index contributed by atoms with van der Waals surface area (Å²) in [5.74, 6) is 0.978. The third-order valence-electron chi connectivity index (χ3n) is 3.06. The predicted octanol–water partition coefficient (Wildman–Crippen LogP) is 0.681. The molecule has 1 unspecified atom stereocenters. The van der Waals surface area contributed by atoms with Gasteiger partial charge in [0, 0.05) is 32.4 Å². The molecule has 5 nitrogen and oxygen atoms in total. The Balaban J connectivity index is 1.97. The van der Waals surface area contributed by atoms with Crippen LogP contribution < -0.4 is 10.2 Å². The fourth-order valence-electron chi connectivity index (χ4n) is 2.15. The lowest BCUT2D eigenvalue weighted by atomic mass is 10.2. The molecule has 5 heteroatoms. The van der Waals surface area contributed by atoms with E-state index >= 15 is 0 Å². The molecule has 0 radical (unpaired) electrons. The van der Waals surface area contributed by atoms with Crippen LogP contribution in [0.1, 0.15) is 12.8 Å². The second-order valence-electron chi connectivity index (χ2n) is 4.30. The third-order valence-corrected chi connectivity index (χ3v) is 3.06. The second kappa shape index (κ2) is 6.51. The summed E-state index contributed by atoms with van der Waals surface area (Å²) in [6, 6.07) is 2.52. The van der Waals surface area contributed by atoms with Crippen molar-refractivity contribution in [3.63, 3.8) is 0 Å². The summed E-state index contributed by atoms with van der Waals surface area (Å²) in [5.41, 5.74) is 0. The lowest BCUT2D eigenvalue weighted by molar-refractivity contribution is 0.204. The maximum atomic E-state index is 5.15. The first-order chi connectivity index (χ1) is 8.40. The summed E-state index contributed by atoms with van der Waals surface area (Å²) in [5, 5.41) is 3.51. The zero-order valence-electron chi connectivity index (χ0n) is 10.3. The van der Waals surface area contributed by atoms with E-state index in [9.17, 15) is 0 Å². The summed E-state index contributed by atoms with van der Waals surface area (Å²) >= 11 is 0. The van der Waals surface area contributed by atoms with Gasteiger partial charge >= 0.3 is 0 Å². The molecule has 0 aromatic carbocycles. The molecule has 1 aromatic heterocycles. The molecule has 1 aliphatic heterocycles. The summed E-state index contributed by atoms with van der Waals surface area (Å²) in [6.07, 6.45) is 5.89. The van der Waals surface area contributed by atoms with Crippen LogP contribution in [0.2, 0.25) is 0 Å². The van der Waals surface area contributed by atoms with Crippen molar-refractivity contribution in [1.29, 1.82) is 0 Å². The molecular formula is C12H20N4O. The van der Waals surface area contributed by atoms with E-state index < -0.39 is 0 Å². The number of aromatic nitrogens is 2. The van der Waals surface area contributed by atoms with Crippen LogP contribution in [0.15, 0.2) is 18.6 Å². The van der Waals surface area contributed by atoms with Crippen molar-refractivity contribution in [3.05, 3.63) is 18.6 Å². The van der Waals surface area contributed by atoms with Gasteiger partial charge in [-0.3, -0.25) is 0 Å². The Morgan fingerprint density at radius 1 is 1.59 bits per heavy atom. The molecule has 1 aliphatic rings. The molecular weight excluding hydrogens is 216 g/mol. The molecule has 0 saturated carbocycles. The highest BCUT2D eigenvalue weighted by molar-refractivity contribution is 5.36. The van der Waals surface area contributed by atoms with Crippen molar-refractivity contribution in [2.45, 2.75) is 18.9 Å². The van der Waals surface area contributed by atoms with Gasteiger partial charge in [0.05, 0.1) is 6.61 Å². The number of methoxy groups -OCH3 is 1. The molecule has 1 fully saturated rings. The monoisotopic (exact) mass is 236 g/mol. The number of nitrogens with one attached hydrogen (secondary N) is 1. The van der Waals surface area contributed by atoms with E-state index in [1.165, 1.54) is 12.8 Å². The van der Waals surface area contributed by atoms with Crippen LogP contribution in [0.5, 0.6) is 0 Å². The van der Waals surface area contributed by atoms with E-state index in [1.54, 1.807) is 19.6 Å². The van der Waals surface area contributed by atoms with Crippen molar-refractivity contribution in [2.75, 3.05) is 38.3 Å². The molecule has 17 heavy (non-hydrogen) atoms. The zero-order valence-corrected chi connectivity index (χ0v) is 10.3. The number of ether oxygens (including phenoxy) is 1. The standard InChI is InChI=1S/C12H20N4O/c1-17-8-7-16(9-11-3-2-5-14-11)12-4-6-13-10-15-12/h4,6,10-11,14H,2-3,5,7-9H2,1H3. The Bertz CT molecular complexity index is 314. The topological polar surface area (TPSA) is 50.3 Å². The summed E-state index contributed by atoms with van der Waals surface area (Å²) in [6.45, 7) is 3.70. The van der Waals surface area contributed by atoms with Crippen molar-refractivity contribution >= 4 is 5.82 Å². The van der Waals surface area contributed by atoms with Crippen LogP contribution in [0.25, 0.3) is 0 Å². The van der Waals surface area contributed by atoms with Gasteiger partial charge in [-0.2, -0.15) is 0 Å². The van der Waals surface area contributed by atoms with Gasteiger partial charge in [-0.05, 0) is 25.5 Å². The summed E-state index contributed by atoms with van der Waals surface area (Å²) in [7, 11) is 1.73. The molecule has 2 rings (SSSR count). The van der Waals surface area contributed by atoms with Gasteiger partial charge in [-0.25, -0.2) is 9.97 Å². The SMILES string of the molecule is COCCN(CC1CCCN1)c1ccncn1. The average molecular weight is 236 g/mol. The second-order valence-corrected chi connectivity index (χ2v) is 4.30. The van der Waals surface area contributed by atoms with Crippen LogP contribution in [-0.4, -0.2) is 49.4 Å². The first-order valence-electron chi connectivity index (χ1n) is 6.13. The lowest BCUT2D eigenvalue weighted by Crippen LogP contribution is -2.39. The molecule has 0 amide bonds. The highest BCUT2D eigenvalue weighted by Crippen LogP contribution is 2.12. The van der Waals surface area contributed by atoms with Gasteiger partial charge in [0.25, 0.3) is 0 Å². The Hall–Kier alpha value is -1.20. The Labute approximate surface area is 102 Å². The number of nitrogens with zero attached hydrogens (tertiary/aromatic N) is 3. The lowest BCUT2D eigenvalue weighted by Gasteiger charge is -2.26. The van der Waals surface area contributed by atoms with Crippen molar-refractivity contribution in [2.24, 2.45) is 0 Å². The van der Waals surface area contributed by atoms with E-state index in [1.807, 2.05) is 6.07 Å². The van der Waals surface area contributed by atoms with Crippen molar-refractivity contribution in [1.82, 2.24) is 15.3 Å². The zero-order chi connectivity index (χ0) is 11.9. The van der Waals surface area contributed by atoms with E-state index in [-0.39, 0.29) is 0 Å². The molecule has 0 bridgehead atoms. The van der Waals surface area contributed by atoms with Gasteiger partial charge < -0.3 is 15.0 Å². The van der Waals surface area contributed by atoms with Crippen LogP contribution in [0.4, 0.5) is 5.82 Å². The third kappa shape index (κ3) is 3.64. The first-order valence-corrected chi connectivity index (χ1v) is 6.13. The van der Waals surface area contributed by atoms with Gasteiger partial charge in [0.2, 0.25) is 0 Å². The number of hydrogen-bond donors (Lipinski definition) is 1. The molecule has 1 N–H and O–H groups in total. The van der Waals surface area contributed by atoms with Crippen LogP contribution in [0.3, 0.4) is 0 Å².